The number of guanidine groups is 1. The van der Waals surface area contributed by atoms with Crippen LogP contribution < -0.4 is 15.0 Å². The Bertz CT molecular complexity index is 867. The molecule has 4 rings (SSSR count). The largest absolute Gasteiger partial charge is 0.467 e. The van der Waals surface area contributed by atoms with E-state index in [9.17, 15) is 4.39 Å². The van der Waals surface area contributed by atoms with Gasteiger partial charge in [-0.15, -0.1) is 0 Å². The van der Waals surface area contributed by atoms with Gasteiger partial charge in [-0.3, -0.25) is 4.99 Å². The lowest BCUT2D eigenvalue weighted by atomic mass is 10.1. The second-order valence-corrected chi connectivity index (χ2v) is 7.46. The van der Waals surface area contributed by atoms with E-state index in [0.717, 1.165) is 55.6 Å². The summed E-state index contributed by atoms with van der Waals surface area (Å²) in [6, 6.07) is 13.5. The number of para-hydroxylation sites is 1. The zero-order valence-corrected chi connectivity index (χ0v) is 17.4. The van der Waals surface area contributed by atoms with Crippen LogP contribution in [0.1, 0.15) is 18.1 Å². The highest BCUT2D eigenvalue weighted by Gasteiger charge is 2.20. The Morgan fingerprint density at radius 2 is 1.93 bits per heavy atom. The first kappa shape index (κ1) is 20.5. The lowest BCUT2D eigenvalue weighted by Gasteiger charge is -2.37. The van der Waals surface area contributed by atoms with Crippen LogP contribution in [0, 0.1) is 5.82 Å². The molecule has 1 saturated heterocycles. The van der Waals surface area contributed by atoms with Crippen LogP contribution in [0.15, 0.2) is 47.5 Å². The highest BCUT2D eigenvalue weighted by atomic mass is 19.1. The Balaban J connectivity index is 1.39. The molecule has 2 aromatic rings. The van der Waals surface area contributed by atoms with Crippen molar-refractivity contribution in [3.63, 3.8) is 0 Å². The Morgan fingerprint density at radius 1 is 1.13 bits per heavy atom. The molecule has 0 aromatic heterocycles. The Hall–Kier alpha value is -2.80. The second-order valence-electron chi connectivity index (χ2n) is 7.46. The zero-order valence-electron chi connectivity index (χ0n) is 17.4. The smallest absolute Gasteiger partial charge is 0.194 e. The maximum absolute atomic E-state index is 14.0. The third-order valence-corrected chi connectivity index (χ3v) is 5.43. The lowest BCUT2D eigenvalue weighted by Crippen LogP contribution is -2.52. The molecular formula is C23H29FN4O2. The van der Waals surface area contributed by atoms with Gasteiger partial charge in [0.15, 0.2) is 12.8 Å². The number of hydrogen-bond acceptors (Lipinski definition) is 4. The van der Waals surface area contributed by atoms with E-state index >= 15 is 0 Å². The van der Waals surface area contributed by atoms with Gasteiger partial charge in [0.1, 0.15) is 11.6 Å². The molecule has 0 unspecified atom stereocenters. The highest BCUT2D eigenvalue weighted by molar-refractivity contribution is 5.80. The van der Waals surface area contributed by atoms with Crippen molar-refractivity contribution in [1.82, 2.24) is 10.2 Å². The fraction of sp³-hybridized carbons (Fsp3) is 0.435. The van der Waals surface area contributed by atoms with Crippen LogP contribution in [-0.4, -0.2) is 56.9 Å². The van der Waals surface area contributed by atoms with E-state index < -0.39 is 0 Å². The van der Waals surface area contributed by atoms with E-state index in [1.165, 1.54) is 11.8 Å². The SMILES string of the molecule is CCNC(=NCCc1cc(F)cc2c1OCOC2)N1CCN(c2ccccc2)CC1. The molecule has 0 aliphatic carbocycles. The first-order valence-corrected chi connectivity index (χ1v) is 10.6. The lowest BCUT2D eigenvalue weighted by molar-refractivity contribution is -0.0172. The summed E-state index contributed by atoms with van der Waals surface area (Å²) in [5.74, 6) is 1.41. The molecular weight excluding hydrogens is 383 g/mol. The summed E-state index contributed by atoms with van der Waals surface area (Å²) in [4.78, 5) is 9.51. The van der Waals surface area contributed by atoms with Crippen molar-refractivity contribution in [1.29, 1.82) is 0 Å². The van der Waals surface area contributed by atoms with Crippen LogP contribution in [0.25, 0.3) is 0 Å². The maximum Gasteiger partial charge on any atom is 0.194 e. The van der Waals surface area contributed by atoms with Gasteiger partial charge in [0.25, 0.3) is 0 Å². The fourth-order valence-corrected chi connectivity index (χ4v) is 3.97. The number of aliphatic imine (C=N–C) groups is 1. The number of hydrogen-bond donors (Lipinski definition) is 1. The quantitative estimate of drug-likeness (QED) is 0.604. The van der Waals surface area contributed by atoms with Crippen molar-refractivity contribution < 1.29 is 13.9 Å². The van der Waals surface area contributed by atoms with Crippen LogP contribution in [0.3, 0.4) is 0 Å². The van der Waals surface area contributed by atoms with E-state index in [1.54, 1.807) is 6.07 Å². The topological polar surface area (TPSA) is 49.3 Å². The van der Waals surface area contributed by atoms with Crippen molar-refractivity contribution in [3.05, 3.63) is 59.4 Å². The van der Waals surface area contributed by atoms with Gasteiger partial charge in [0.05, 0.1) is 6.61 Å². The Labute approximate surface area is 177 Å². The minimum atomic E-state index is -0.259. The molecule has 0 bridgehead atoms. The number of nitrogens with zero attached hydrogens (tertiary/aromatic N) is 3. The van der Waals surface area contributed by atoms with Crippen molar-refractivity contribution in [3.8, 4) is 5.75 Å². The van der Waals surface area contributed by atoms with E-state index in [4.69, 9.17) is 14.5 Å². The summed E-state index contributed by atoms with van der Waals surface area (Å²) in [5.41, 5.74) is 2.88. The molecule has 30 heavy (non-hydrogen) atoms. The van der Waals surface area contributed by atoms with Crippen LogP contribution in [0.2, 0.25) is 0 Å². The number of ether oxygens (including phenoxy) is 2. The zero-order chi connectivity index (χ0) is 20.8. The fourth-order valence-electron chi connectivity index (χ4n) is 3.97. The molecule has 0 atom stereocenters. The molecule has 2 aliphatic rings. The summed E-state index contributed by atoms with van der Waals surface area (Å²) in [5, 5.41) is 3.40. The highest BCUT2D eigenvalue weighted by Crippen LogP contribution is 2.29. The molecule has 2 aromatic carbocycles. The monoisotopic (exact) mass is 412 g/mol. The van der Waals surface area contributed by atoms with E-state index in [0.29, 0.717) is 19.6 Å². The Morgan fingerprint density at radius 3 is 2.70 bits per heavy atom. The van der Waals surface area contributed by atoms with Crippen molar-refractivity contribution in [2.24, 2.45) is 4.99 Å². The van der Waals surface area contributed by atoms with Crippen molar-refractivity contribution in [2.75, 3.05) is 51.0 Å². The number of nitrogens with one attached hydrogen (secondary N) is 1. The molecule has 6 nitrogen and oxygen atoms in total. The molecule has 160 valence electrons. The summed E-state index contributed by atoms with van der Waals surface area (Å²) >= 11 is 0. The predicted molar refractivity (Wildman–Crippen MR) is 117 cm³/mol. The summed E-state index contributed by atoms with van der Waals surface area (Å²) < 4.78 is 24.8. The second kappa shape index (κ2) is 9.80. The Kier molecular flexibility index (Phi) is 6.69. The summed E-state index contributed by atoms with van der Waals surface area (Å²) in [6.07, 6.45) is 0.624. The molecule has 0 saturated carbocycles. The van der Waals surface area contributed by atoms with E-state index in [2.05, 4.69) is 46.3 Å². The molecule has 1 N–H and O–H groups in total. The van der Waals surface area contributed by atoms with Crippen LogP contribution in [-0.2, 0) is 17.8 Å². The molecule has 7 heteroatoms. The average molecular weight is 413 g/mol. The molecule has 0 spiro atoms. The third kappa shape index (κ3) is 4.84. The summed E-state index contributed by atoms with van der Waals surface area (Å²) in [7, 11) is 0. The average Bonchev–Trinajstić information content (AvgIpc) is 2.79. The van der Waals surface area contributed by atoms with Crippen molar-refractivity contribution in [2.45, 2.75) is 20.0 Å². The minimum Gasteiger partial charge on any atom is -0.467 e. The number of anilines is 1. The molecule has 2 heterocycles. The summed E-state index contributed by atoms with van der Waals surface area (Å²) in [6.45, 7) is 7.80. The predicted octanol–water partition coefficient (Wildman–Crippen LogP) is 3.02. The molecule has 0 radical (unpaired) electrons. The number of piperazine rings is 1. The van der Waals surface area contributed by atoms with Crippen molar-refractivity contribution >= 4 is 11.6 Å². The minimum absolute atomic E-state index is 0.212. The normalized spacial score (nSPS) is 16.8. The van der Waals surface area contributed by atoms with Crippen LogP contribution >= 0.6 is 0 Å². The number of benzene rings is 2. The van der Waals surface area contributed by atoms with Crippen LogP contribution in [0.4, 0.5) is 10.1 Å². The first-order chi connectivity index (χ1) is 14.7. The van der Waals surface area contributed by atoms with Gasteiger partial charge >= 0.3 is 0 Å². The van der Waals surface area contributed by atoms with Crippen LogP contribution in [0.5, 0.6) is 5.75 Å². The van der Waals surface area contributed by atoms with Gasteiger partial charge in [-0.2, -0.15) is 0 Å². The number of fused-ring (bicyclic) bond motifs is 1. The van der Waals surface area contributed by atoms with Gasteiger partial charge in [-0.1, -0.05) is 18.2 Å². The van der Waals surface area contributed by atoms with Gasteiger partial charge in [-0.25, -0.2) is 4.39 Å². The van der Waals surface area contributed by atoms with Gasteiger partial charge in [0.2, 0.25) is 0 Å². The standard InChI is InChI=1S/C23H29FN4O2/c1-2-25-23(28-12-10-27(11-13-28)21-6-4-3-5-7-21)26-9-8-18-14-20(24)15-19-16-29-17-30-22(18)19/h3-7,14-15H,2,8-13,16-17H2,1H3,(H,25,26). The number of halogens is 1. The third-order valence-electron chi connectivity index (χ3n) is 5.43. The molecule has 2 aliphatic heterocycles. The van der Waals surface area contributed by atoms with Gasteiger partial charge in [0, 0.05) is 50.5 Å². The maximum atomic E-state index is 14.0. The molecule has 1 fully saturated rings. The van der Waals surface area contributed by atoms with Gasteiger partial charge in [-0.05, 0) is 43.2 Å². The van der Waals surface area contributed by atoms with E-state index in [1.807, 2.05) is 6.07 Å². The first-order valence-electron chi connectivity index (χ1n) is 10.6. The van der Waals surface area contributed by atoms with Gasteiger partial charge < -0.3 is 24.6 Å². The number of rotatable bonds is 5. The molecule has 0 amide bonds. The van der Waals surface area contributed by atoms with E-state index in [-0.39, 0.29) is 12.6 Å².